The molecule has 2 fully saturated rings. The molecule has 15 heavy (non-hydrogen) atoms. The van der Waals surface area contributed by atoms with Crippen molar-refractivity contribution >= 4 is 17.1 Å². The molecule has 2 saturated carbocycles. The highest BCUT2D eigenvalue weighted by molar-refractivity contribution is 7.74. The third kappa shape index (κ3) is 1.26. The lowest BCUT2D eigenvalue weighted by Gasteiger charge is -2.31. The van der Waals surface area contributed by atoms with Crippen LogP contribution in [-0.4, -0.2) is 20.6 Å². The lowest BCUT2D eigenvalue weighted by molar-refractivity contribution is -0.134. The summed E-state index contributed by atoms with van der Waals surface area (Å²) in [7, 11) is 0. The van der Waals surface area contributed by atoms with Gasteiger partial charge in [0.25, 0.3) is 0 Å². The molecule has 2 rings (SSSR count). The van der Waals surface area contributed by atoms with Gasteiger partial charge < -0.3 is 4.55 Å². The van der Waals surface area contributed by atoms with E-state index in [-0.39, 0.29) is 17.1 Å². The summed E-state index contributed by atoms with van der Waals surface area (Å²) in [5, 5.41) is 0. The van der Waals surface area contributed by atoms with E-state index in [1.165, 1.54) is 0 Å². The standard InChI is InChI=1S/C10H16O4S/c1-9(2)6-4-5-10(9,3)8(11)7(6)14-15(12)13/h6-7H,4-5H2,1-3H3,(H,12,13)/p-1/t6-,7+,10-/m0/s1. The Balaban J connectivity index is 2.34. The van der Waals surface area contributed by atoms with E-state index >= 15 is 0 Å². The van der Waals surface area contributed by atoms with Gasteiger partial charge in [0.05, 0.1) is 11.4 Å². The number of carbonyl (C=O) groups is 1. The van der Waals surface area contributed by atoms with Gasteiger partial charge in [0.15, 0.2) is 5.78 Å². The average Bonchev–Trinajstić information content (AvgIpc) is 2.40. The molecular formula is C10H15O4S-. The summed E-state index contributed by atoms with van der Waals surface area (Å²) in [4.78, 5) is 12.0. The summed E-state index contributed by atoms with van der Waals surface area (Å²) in [6.45, 7) is 5.98. The van der Waals surface area contributed by atoms with E-state index in [1.54, 1.807) is 0 Å². The number of ketones is 1. The van der Waals surface area contributed by atoms with Gasteiger partial charge in [0.1, 0.15) is 6.10 Å². The fourth-order valence-corrected chi connectivity index (χ4v) is 3.59. The van der Waals surface area contributed by atoms with Crippen molar-refractivity contribution in [1.29, 1.82) is 0 Å². The number of carbonyl (C=O) groups excluding carboxylic acids is 1. The molecule has 0 aliphatic heterocycles. The summed E-state index contributed by atoms with van der Waals surface area (Å²) >= 11 is -2.60. The van der Waals surface area contributed by atoms with Gasteiger partial charge in [-0.2, -0.15) is 0 Å². The Morgan fingerprint density at radius 3 is 2.47 bits per heavy atom. The highest BCUT2D eigenvalue weighted by Gasteiger charge is 2.67. The van der Waals surface area contributed by atoms with Crippen LogP contribution in [0.25, 0.3) is 0 Å². The zero-order valence-electron chi connectivity index (χ0n) is 9.11. The molecule has 2 aliphatic carbocycles. The molecule has 5 heteroatoms. The van der Waals surface area contributed by atoms with E-state index in [4.69, 9.17) is 4.18 Å². The highest BCUT2D eigenvalue weighted by Crippen LogP contribution is 2.64. The first-order chi connectivity index (χ1) is 6.80. The quantitative estimate of drug-likeness (QED) is 0.669. The van der Waals surface area contributed by atoms with Gasteiger partial charge in [-0.1, -0.05) is 20.8 Å². The van der Waals surface area contributed by atoms with Gasteiger partial charge in [0, 0.05) is 5.41 Å². The molecular weight excluding hydrogens is 216 g/mol. The first-order valence-electron chi connectivity index (χ1n) is 5.11. The smallest absolute Gasteiger partial charge is 0.169 e. The minimum absolute atomic E-state index is 0.0351. The maximum absolute atomic E-state index is 12.0. The Morgan fingerprint density at radius 1 is 1.47 bits per heavy atom. The maximum Gasteiger partial charge on any atom is 0.169 e. The topological polar surface area (TPSA) is 66.4 Å². The molecule has 2 aliphatic rings. The van der Waals surface area contributed by atoms with Crippen LogP contribution in [0.4, 0.5) is 0 Å². The second kappa shape index (κ2) is 3.12. The fraction of sp³-hybridized carbons (Fsp3) is 0.900. The van der Waals surface area contributed by atoms with Crippen molar-refractivity contribution in [2.45, 2.75) is 39.7 Å². The van der Waals surface area contributed by atoms with Gasteiger partial charge in [0.2, 0.25) is 0 Å². The van der Waals surface area contributed by atoms with Crippen molar-refractivity contribution in [3.63, 3.8) is 0 Å². The van der Waals surface area contributed by atoms with Crippen LogP contribution in [0.3, 0.4) is 0 Å². The minimum Gasteiger partial charge on any atom is -0.750 e. The fourth-order valence-electron chi connectivity index (χ4n) is 3.20. The number of fused-ring (bicyclic) bond motifs is 2. The van der Waals surface area contributed by atoms with Crippen molar-refractivity contribution in [2.75, 3.05) is 0 Å². The van der Waals surface area contributed by atoms with Crippen LogP contribution in [0.1, 0.15) is 33.6 Å². The van der Waals surface area contributed by atoms with Gasteiger partial charge in [-0.05, 0) is 24.2 Å². The predicted octanol–water partition coefficient (Wildman–Crippen LogP) is 1.19. The Kier molecular flexibility index (Phi) is 2.34. The summed E-state index contributed by atoms with van der Waals surface area (Å²) in [6, 6.07) is 0. The summed E-state index contributed by atoms with van der Waals surface area (Å²) in [6.07, 6.45) is 0.962. The van der Waals surface area contributed by atoms with Gasteiger partial charge in [-0.3, -0.25) is 8.98 Å². The predicted molar refractivity (Wildman–Crippen MR) is 53.4 cm³/mol. The lowest BCUT2D eigenvalue weighted by Crippen LogP contribution is -2.36. The van der Waals surface area contributed by atoms with E-state index in [9.17, 15) is 13.6 Å². The third-order valence-corrected chi connectivity index (χ3v) is 5.02. The lowest BCUT2D eigenvalue weighted by atomic mass is 9.70. The first-order valence-corrected chi connectivity index (χ1v) is 6.11. The van der Waals surface area contributed by atoms with Gasteiger partial charge in [-0.15, -0.1) is 0 Å². The number of hydrogen-bond acceptors (Lipinski definition) is 4. The summed E-state index contributed by atoms with van der Waals surface area (Å²) in [5.74, 6) is -0.0131. The third-order valence-electron chi connectivity index (χ3n) is 4.65. The molecule has 0 aromatic rings. The van der Waals surface area contributed by atoms with Crippen LogP contribution < -0.4 is 0 Å². The van der Waals surface area contributed by atoms with Gasteiger partial charge >= 0.3 is 0 Å². The zero-order chi connectivity index (χ0) is 11.4. The van der Waals surface area contributed by atoms with E-state index < -0.39 is 22.9 Å². The molecule has 4 nitrogen and oxygen atoms in total. The van der Waals surface area contributed by atoms with E-state index in [0.717, 1.165) is 12.8 Å². The normalized spacial score (nSPS) is 44.7. The van der Waals surface area contributed by atoms with E-state index in [2.05, 4.69) is 0 Å². The molecule has 0 N–H and O–H groups in total. The SMILES string of the molecule is CC1(C)[C@H]2CC[C@@]1(C)C(=O)[C@@H]2OS(=O)[O-]. The van der Waals surface area contributed by atoms with Crippen LogP contribution in [0, 0.1) is 16.7 Å². The second-order valence-corrected chi connectivity index (χ2v) is 5.88. The van der Waals surface area contributed by atoms with Crippen molar-refractivity contribution < 1.29 is 17.7 Å². The molecule has 0 heterocycles. The summed E-state index contributed by atoms with van der Waals surface area (Å²) in [5.41, 5.74) is -0.574. The molecule has 0 spiro atoms. The monoisotopic (exact) mass is 231 g/mol. The van der Waals surface area contributed by atoms with Crippen LogP contribution in [0.15, 0.2) is 0 Å². The van der Waals surface area contributed by atoms with Crippen molar-refractivity contribution in [2.24, 2.45) is 16.7 Å². The molecule has 86 valence electrons. The van der Waals surface area contributed by atoms with Crippen LogP contribution in [0.5, 0.6) is 0 Å². The zero-order valence-corrected chi connectivity index (χ0v) is 9.93. The molecule has 0 amide bonds. The second-order valence-electron chi connectivity index (χ2n) is 5.28. The molecule has 4 atom stereocenters. The minimum atomic E-state index is -2.60. The van der Waals surface area contributed by atoms with Crippen molar-refractivity contribution in [1.82, 2.24) is 0 Å². The summed E-state index contributed by atoms with van der Waals surface area (Å²) < 4.78 is 25.8. The number of Topliss-reactive ketones (excluding diaryl/α,β-unsaturated/α-hetero) is 1. The Labute approximate surface area is 91.9 Å². The van der Waals surface area contributed by atoms with Crippen molar-refractivity contribution in [3.8, 4) is 0 Å². The molecule has 0 aromatic carbocycles. The Bertz CT molecular complexity index is 338. The Hall–Kier alpha value is -0.260. The molecule has 0 saturated heterocycles. The molecule has 0 aromatic heterocycles. The van der Waals surface area contributed by atoms with E-state index in [1.807, 2.05) is 20.8 Å². The number of hydrogen-bond donors (Lipinski definition) is 0. The van der Waals surface area contributed by atoms with Crippen molar-refractivity contribution in [3.05, 3.63) is 0 Å². The first kappa shape index (κ1) is 11.2. The maximum atomic E-state index is 12.0. The Morgan fingerprint density at radius 2 is 2.07 bits per heavy atom. The highest BCUT2D eigenvalue weighted by atomic mass is 32.2. The van der Waals surface area contributed by atoms with Crippen LogP contribution in [-0.2, 0) is 20.3 Å². The largest absolute Gasteiger partial charge is 0.750 e. The molecule has 1 unspecified atom stereocenters. The molecule has 2 bridgehead atoms. The van der Waals surface area contributed by atoms with Crippen LogP contribution in [0.2, 0.25) is 0 Å². The average molecular weight is 231 g/mol. The number of rotatable bonds is 2. The molecule has 0 radical (unpaired) electrons. The van der Waals surface area contributed by atoms with Crippen LogP contribution >= 0.6 is 0 Å². The van der Waals surface area contributed by atoms with Gasteiger partial charge in [-0.25, -0.2) is 4.21 Å². The van der Waals surface area contributed by atoms with E-state index in [0.29, 0.717) is 0 Å².